The van der Waals surface area contributed by atoms with E-state index in [1.54, 1.807) is 13.2 Å². The maximum atomic E-state index is 5.63. The molecule has 0 aliphatic rings. The van der Waals surface area contributed by atoms with Gasteiger partial charge in [0.25, 0.3) is 0 Å². The number of rotatable bonds is 6. The summed E-state index contributed by atoms with van der Waals surface area (Å²) in [5.74, 6) is 6.13. The van der Waals surface area contributed by atoms with Crippen molar-refractivity contribution in [3.05, 3.63) is 53.2 Å². The van der Waals surface area contributed by atoms with Gasteiger partial charge < -0.3 is 4.74 Å². The highest BCUT2D eigenvalue weighted by Gasteiger charge is 2.13. The molecular weight excluding hydrogens is 252 g/mol. The van der Waals surface area contributed by atoms with Crippen molar-refractivity contribution in [1.29, 1.82) is 0 Å². The fraction of sp³-hybridized carbons (Fsp3) is 0.333. The molecule has 0 saturated heterocycles. The highest BCUT2D eigenvalue weighted by molar-refractivity contribution is 5.24. The van der Waals surface area contributed by atoms with Gasteiger partial charge in [-0.15, -0.1) is 5.10 Å². The van der Waals surface area contributed by atoms with Crippen LogP contribution in [0, 0.1) is 0 Å². The molecule has 0 saturated carbocycles. The second kappa shape index (κ2) is 6.98. The monoisotopic (exact) mass is 272 g/mol. The molecule has 106 valence electrons. The van der Waals surface area contributed by atoms with Gasteiger partial charge in [-0.3, -0.25) is 11.3 Å². The van der Waals surface area contributed by atoms with Crippen LogP contribution in [0.25, 0.3) is 0 Å². The quantitative estimate of drug-likeness (QED) is 0.619. The van der Waals surface area contributed by atoms with Crippen LogP contribution in [-0.4, -0.2) is 17.3 Å². The largest absolute Gasteiger partial charge is 0.480 e. The van der Waals surface area contributed by atoms with Crippen molar-refractivity contribution in [2.45, 2.75) is 25.8 Å². The second-order valence-corrected chi connectivity index (χ2v) is 4.59. The molecule has 5 heteroatoms. The molecule has 1 atom stereocenters. The lowest BCUT2D eigenvalue weighted by Gasteiger charge is -2.15. The molecule has 0 aliphatic carbocycles. The summed E-state index contributed by atoms with van der Waals surface area (Å²) >= 11 is 0. The number of nitrogens with one attached hydrogen (secondary N) is 1. The number of hydrogen-bond acceptors (Lipinski definition) is 5. The van der Waals surface area contributed by atoms with Crippen molar-refractivity contribution in [2.75, 3.05) is 7.11 Å². The second-order valence-electron chi connectivity index (χ2n) is 4.59. The third-order valence-corrected chi connectivity index (χ3v) is 3.30. The third-order valence-electron chi connectivity index (χ3n) is 3.30. The van der Waals surface area contributed by atoms with E-state index in [4.69, 9.17) is 10.6 Å². The first-order valence-corrected chi connectivity index (χ1v) is 6.68. The van der Waals surface area contributed by atoms with Crippen molar-refractivity contribution in [2.24, 2.45) is 5.84 Å². The van der Waals surface area contributed by atoms with Crippen molar-refractivity contribution in [3.8, 4) is 5.88 Å². The Balaban J connectivity index is 2.10. The summed E-state index contributed by atoms with van der Waals surface area (Å²) in [6, 6.07) is 12.1. The summed E-state index contributed by atoms with van der Waals surface area (Å²) in [5, 5.41) is 8.10. The standard InChI is InChI=1S/C15H20N4O/c1-3-11-4-6-12(7-5-11)10-14(17-16)13-8-9-15(20-2)19-18-13/h4-9,14,17H,3,10,16H2,1-2H3. The molecule has 5 nitrogen and oxygen atoms in total. The van der Waals surface area contributed by atoms with Crippen LogP contribution in [0.4, 0.5) is 0 Å². The van der Waals surface area contributed by atoms with E-state index in [0.717, 1.165) is 18.5 Å². The van der Waals surface area contributed by atoms with Crippen molar-refractivity contribution in [1.82, 2.24) is 15.6 Å². The molecule has 1 heterocycles. The van der Waals surface area contributed by atoms with Crippen molar-refractivity contribution < 1.29 is 4.74 Å². The number of benzene rings is 1. The van der Waals surface area contributed by atoms with Crippen molar-refractivity contribution >= 4 is 0 Å². The normalized spacial score (nSPS) is 12.2. The maximum absolute atomic E-state index is 5.63. The Kier molecular flexibility index (Phi) is 5.03. The minimum absolute atomic E-state index is 0.0686. The SMILES string of the molecule is CCc1ccc(CC(NN)c2ccc(OC)nn2)cc1. The molecule has 0 spiro atoms. The highest BCUT2D eigenvalue weighted by Crippen LogP contribution is 2.17. The lowest BCUT2D eigenvalue weighted by molar-refractivity contribution is 0.389. The van der Waals surface area contributed by atoms with Crippen LogP contribution in [0.15, 0.2) is 36.4 Å². The lowest BCUT2D eigenvalue weighted by Crippen LogP contribution is -2.30. The Labute approximate surface area is 119 Å². The molecule has 2 rings (SSSR count). The molecular formula is C15H20N4O. The van der Waals surface area contributed by atoms with Gasteiger partial charge in [-0.1, -0.05) is 31.2 Å². The zero-order valence-electron chi connectivity index (χ0n) is 11.8. The predicted octanol–water partition coefficient (Wildman–Crippen LogP) is 1.79. The minimum Gasteiger partial charge on any atom is -0.480 e. The van der Waals surface area contributed by atoms with Crippen LogP contribution in [0.1, 0.15) is 29.8 Å². The van der Waals surface area contributed by atoms with Gasteiger partial charge in [0, 0.05) is 6.07 Å². The van der Waals surface area contributed by atoms with E-state index in [-0.39, 0.29) is 6.04 Å². The van der Waals surface area contributed by atoms with E-state index in [1.165, 1.54) is 11.1 Å². The van der Waals surface area contributed by atoms with Crippen LogP contribution in [0.3, 0.4) is 0 Å². The highest BCUT2D eigenvalue weighted by atomic mass is 16.5. The number of aryl methyl sites for hydroxylation is 1. The third kappa shape index (κ3) is 3.53. The Bertz CT molecular complexity index is 525. The van der Waals surface area contributed by atoms with Crippen LogP contribution in [0.5, 0.6) is 5.88 Å². The first-order valence-electron chi connectivity index (χ1n) is 6.68. The van der Waals surface area contributed by atoms with Gasteiger partial charge in [0.05, 0.1) is 18.8 Å². The number of hydrazine groups is 1. The van der Waals surface area contributed by atoms with Gasteiger partial charge in [-0.05, 0) is 30.0 Å². The van der Waals surface area contributed by atoms with Crippen LogP contribution in [0.2, 0.25) is 0 Å². The molecule has 0 aliphatic heterocycles. The first kappa shape index (κ1) is 14.4. The number of aromatic nitrogens is 2. The number of nitrogens with zero attached hydrogens (tertiary/aromatic N) is 2. The van der Waals surface area contributed by atoms with Gasteiger partial charge in [0.1, 0.15) is 0 Å². The summed E-state index contributed by atoms with van der Waals surface area (Å²) in [4.78, 5) is 0. The zero-order chi connectivity index (χ0) is 14.4. The molecule has 1 aromatic heterocycles. The van der Waals surface area contributed by atoms with E-state index in [2.05, 4.69) is 46.8 Å². The smallest absolute Gasteiger partial charge is 0.233 e. The minimum atomic E-state index is -0.0686. The number of hydrogen-bond donors (Lipinski definition) is 2. The fourth-order valence-electron chi connectivity index (χ4n) is 2.02. The molecule has 3 N–H and O–H groups in total. The molecule has 1 unspecified atom stereocenters. The average Bonchev–Trinajstić information content (AvgIpc) is 2.53. The molecule has 20 heavy (non-hydrogen) atoms. The summed E-state index contributed by atoms with van der Waals surface area (Å²) in [6.07, 6.45) is 1.81. The van der Waals surface area contributed by atoms with Gasteiger partial charge in [-0.2, -0.15) is 5.10 Å². The number of ether oxygens (including phenoxy) is 1. The summed E-state index contributed by atoms with van der Waals surface area (Å²) < 4.78 is 5.00. The molecule has 1 aromatic carbocycles. The Hall–Kier alpha value is -1.98. The summed E-state index contributed by atoms with van der Waals surface area (Å²) in [7, 11) is 1.57. The molecule has 0 amide bonds. The molecule has 2 aromatic rings. The lowest BCUT2D eigenvalue weighted by atomic mass is 10.0. The van der Waals surface area contributed by atoms with Gasteiger partial charge in [0.15, 0.2) is 0 Å². The fourth-order valence-corrected chi connectivity index (χ4v) is 2.02. The van der Waals surface area contributed by atoms with Gasteiger partial charge >= 0.3 is 0 Å². The molecule has 0 bridgehead atoms. The van der Waals surface area contributed by atoms with Gasteiger partial charge in [0.2, 0.25) is 5.88 Å². The number of nitrogens with two attached hydrogens (primary N) is 1. The Morgan fingerprint density at radius 2 is 1.80 bits per heavy atom. The number of methoxy groups -OCH3 is 1. The van der Waals surface area contributed by atoms with E-state index < -0.39 is 0 Å². The molecule has 0 fully saturated rings. The maximum Gasteiger partial charge on any atom is 0.233 e. The van der Waals surface area contributed by atoms with Gasteiger partial charge in [-0.25, -0.2) is 0 Å². The van der Waals surface area contributed by atoms with E-state index in [9.17, 15) is 0 Å². The van der Waals surface area contributed by atoms with E-state index in [1.807, 2.05) is 6.07 Å². The van der Waals surface area contributed by atoms with Crippen LogP contribution in [-0.2, 0) is 12.8 Å². The molecule has 0 radical (unpaired) electrons. The summed E-state index contributed by atoms with van der Waals surface area (Å²) in [6.45, 7) is 2.15. The first-order chi connectivity index (χ1) is 9.76. The zero-order valence-corrected chi connectivity index (χ0v) is 11.8. The summed E-state index contributed by atoms with van der Waals surface area (Å²) in [5.41, 5.74) is 6.13. The Morgan fingerprint density at radius 1 is 1.10 bits per heavy atom. The van der Waals surface area contributed by atoms with Crippen LogP contribution < -0.4 is 16.0 Å². The van der Waals surface area contributed by atoms with E-state index >= 15 is 0 Å². The van der Waals surface area contributed by atoms with E-state index in [0.29, 0.717) is 5.88 Å². The topological polar surface area (TPSA) is 73.1 Å². The van der Waals surface area contributed by atoms with Crippen molar-refractivity contribution in [3.63, 3.8) is 0 Å². The van der Waals surface area contributed by atoms with Crippen LogP contribution >= 0.6 is 0 Å². The average molecular weight is 272 g/mol. The predicted molar refractivity (Wildman–Crippen MR) is 78.2 cm³/mol. The Morgan fingerprint density at radius 3 is 2.30 bits per heavy atom.